The van der Waals surface area contributed by atoms with Crippen LogP contribution in [0, 0.1) is 6.92 Å². The monoisotopic (exact) mass is 279 g/mol. The van der Waals surface area contributed by atoms with Crippen molar-refractivity contribution < 1.29 is 0 Å². The highest BCUT2D eigenvalue weighted by molar-refractivity contribution is 6.31. The van der Waals surface area contributed by atoms with Crippen molar-refractivity contribution in [3.63, 3.8) is 0 Å². The van der Waals surface area contributed by atoms with E-state index in [1.165, 1.54) is 11.1 Å². The van der Waals surface area contributed by atoms with Gasteiger partial charge in [-0.15, -0.1) is 0 Å². The molecule has 2 aromatic carbocycles. The van der Waals surface area contributed by atoms with Crippen LogP contribution in [0.5, 0.6) is 0 Å². The summed E-state index contributed by atoms with van der Waals surface area (Å²) in [7, 11) is 0. The van der Waals surface area contributed by atoms with Crippen LogP contribution in [0.2, 0.25) is 10.0 Å². The zero-order valence-electron chi connectivity index (χ0n) is 10.2. The topological polar surface area (TPSA) is 12.0 Å². The lowest BCUT2D eigenvalue weighted by Gasteiger charge is -2.09. The van der Waals surface area contributed by atoms with Gasteiger partial charge in [0, 0.05) is 23.1 Å². The summed E-state index contributed by atoms with van der Waals surface area (Å²) in [4.78, 5) is 0. The van der Waals surface area contributed by atoms with Gasteiger partial charge >= 0.3 is 0 Å². The Hall–Kier alpha value is -1.02. The van der Waals surface area contributed by atoms with Crippen LogP contribution in [-0.4, -0.2) is 0 Å². The van der Waals surface area contributed by atoms with Crippen molar-refractivity contribution in [1.29, 1.82) is 0 Å². The molecule has 0 radical (unpaired) electrons. The van der Waals surface area contributed by atoms with E-state index in [0.29, 0.717) is 0 Å². The highest BCUT2D eigenvalue weighted by atomic mass is 35.5. The molecule has 3 heteroatoms. The fraction of sp³-hybridized carbons (Fsp3) is 0.200. The molecule has 0 bridgehead atoms. The number of hydrogen-bond acceptors (Lipinski definition) is 1. The highest BCUT2D eigenvalue weighted by Gasteiger charge is 2.01. The predicted molar refractivity (Wildman–Crippen MR) is 78.2 cm³/mol. The molecule has 0 atom stereocenters. The molecule has 0 spiro atoms. The normalized spacial score (nSPS) is 10.6. The van der Waals surface area contributed by atoms with Gasteiger partial charge in [0.1, 0.15) is 0 Å². The average Bonchev–Trinajstić information content (AvgIpc) is 2.34. The lowest BCUT2D eigenvalue weighted by molar-refractivity contribution is 0.691. The van der Waals surface area contributed by atoms with Crippen LogP contribution in [0.1, 0.15) is 16.7 Å². The van der Waals surface area contributed by atoms with Crippen LogP contribution in [0.25, 0.3) is 0 Å². The van der Waals surface area contributed by atoms with Crippen molar-refractivity contribution in [2.45, 2.75) is 20.0 Å². The number of aryl methyl sites for hydroxylation is 1. The van der Waals surface area contributed by atoms with Crippen LogP contribution >= 0.6 is 23.2 Å². The summed E-state index contributed by atoms with van der Waals surface area (Å²) in [5.41, 5.74) is 3.58. The fourth-order valence-corrected chi connectivity index (χ4v) is 2.26. The van der Waals surface area contributed by atoms with Crippen molar-refractivity contribution >= 4 is 23.2 Å². The number of benzene rings is 2. The molecular formula is C15H15Cl2N. The van der Waals surface area contributed by atoms with Gasteiger partial charge in [-0.1, -0.05) is 47.5 Å². The molecular weight excluding hydrogens is 265 g/mol. The maximum Gasteiger partial charge on any atom is 0.0450 e. The molecule has 0 saturated carbocycles. The minimum Gasteiger partial charge on any atom is -0.309 e. The van der Waals surface area contributed by atoms with Crippen LogP contribution < -0.4 is 5.32 Å². The third-order valence-electron chi connectivity index (χ3n) is 2.89. The minimum atomic E-state index is 0.766. The number of hydrogen-bond donors (Lipinski definition) is 1. The molecule has 1 nitrogen and oxygen atoms in total. The molecule has 0 aliphatic heterocycles. The minimum absolute atomic E-state index is 0.766. The Balaban J connectivity index is 1.95. The number of halogens is 2. The van der Waals surface area contributed by atoms with Gasteiger partial charge in [-0.3, -0.25) is 0 Å². The molecule has 0 saturated heterocycles. The summed E-state index contributed by atoms with van der Waals surface area (Å²) in [5, 5.41) is 4.98. The SMILES string of the molecule is Cc1cc(Cl)ccc1CNCc1ccccc1Cl. The van der Waals surface area contributed by atoms with Crippen molar-refractivity contribution in [2.24, 2.45) is 0 Å². The van der Waals surface area contributed by atoms with Gasteiger partial charge in [0.25, 0.3) is 0 Å². The Kier molecular flexibility index (Phi) is 4.65. The Morgan fingerprint density at radius 1 is 0.944 bits per heavy atom. The second-order valence-corrected chi connectivity index (χ2v) is 5.11. The lowest BCUT2D eigenvalue weighted by atomic mass is 10.1. The lowest BCUT2D eigenvalue weighted by Crippen LogP contribution is -2.13. The van der Waals surface area contributed by atoms with Gasteiger partial charge in [0.05, 0.1) is 0 Å². The summed E-state index contributed by atoms with van der Waals surface area (Å²) in [6, 6.07) is 13.8. The molecule has 2 rings (SSSR count). The van der Waals surface area contributed by atoms with Gasteiger partial charge in [0.15, 0.2) is 0 Å². The van der Waals surface area contributed by atoms with Crippen LogP contribution in [0.3, 0.4) is 0 Å². The first-order chi connectivity index (χ1) is 8.66. The van der Waals surface area contributed by atoms with E-state index >= 15 is 0 Å². The molecule has 94 valence electrons. The smallest absolute Gasteiger partial charge is 0.0450 e. The van der Waals surface area contributed by atoms with Gasteiger partial charge in [-0.25, -0.2) is 0 Å². The second-order valence-electron chi connectivity index (χ2n) is 4.27. The second kappa shape index (κ2) is 6.24. The molecule has 18 heavy (non-hydrogen) atoms. The summed E-state index contributed by atoms with van der Waals surface area (Å²) in [5.74, 6) is 0. The quantitative estimate of drug-likeness (QED) is 0.863. The average molecular weight is 280 g/mol. The maximum absolute atomic E-state index is 6.10. The summed E-state index contributed by atoms with van der Waals surface area (Å²) in [6.45, 7) is 3.65. The Bertz CT molecular complexity index is 538. The molecule has 2 aromatic rings. The van der Waals surface area contributed by atoms with Crippen LogP contribution in [-0.2, 0) is 13.1 Å². The first-order valence-electron chi connectivity index (χ1n) is 5.86. The third kappa shape index (κ3) is 3.49. The van der Waals surface area contributed by atoms with Gasteiger partial charge in [0.2, 0.25) is 0 Å². The number of rotatable bonds is 4. The predicted octanol–water partition coefficient (Wildman–Crippen LogP) is 4.59. The summed E-state index contributed by atoms with van der Waals surface area (Å²) >= 11 is 12.0. The van der Waals surface area contributed by atoms with E-state index < -0.39 is 0 Å². The molecule has 0 aliphatic carbocycles. The molecule has 0 aromatic heterocycles. The first kappa shape index (κ1) is 13.4. The van der Waals surface area contributed by atoms with Crippen molar-refractivity contribution in [1.82, 2.24) is 5.32 Å². The van der Waals surface area contributed by atoms with Gasteiger partial charge in [-0.2, -0.15) is 0 Å². The van der Waals surface area contributed by atoms with Gasteiger partial charge < -0.3 is 5.32 Å². The van der Waals surface area contributed by atoms with Crippen molar-refractivity contribution in [3.05, 3.63) is 69.2 Å². The molecule has 0 unspecified atom stereocenters. The zero-order valence-corrected chi connectivity index (χ0v) is 11.7. The Morgan fingerprint density at radius 3 is 2.39 bits per heavy atom. The fourth-order valence-electron chi connectivity index (χ4n) is 1.83. The molecule has 0 aliphatic rings. The standard InChI is InChI=1S/C15H15Cl2N/c1-11-8-14(16)7-6-12(11)9-18-10-13-4-2-3-5-15(13)17/h2-8,18H,9-10H2,1H3. The van der Waals surface area contributed by atoms with E-state index in [1.807, 2.05) is 36.4 Å². The van der Waals surface area contributed by atoms with E-state index in [9.17, 15) is 0 Å². The number of nitrogens with one attached hydrogen (secondary N) is 1. The molecule has 0 amide bonds. The van der Waals surface area contributed by atoms with E-state index in [2.05, 4.69) is 18.3 Å². The van der Waals surface area contributed by atoms with E-state index in [1.54, 1.807) is 0 Å². The summed E-state index contributed by atoms with van der Waals surface area (Å²) in [6.07, 6.45) is 0. The molecule has 0 heterocycles. The van der Waals surface area contributed by atoms with Crippen LogP contribution in [0.15, 0.2) is 42.5 Å². The van der Waals surface area contributed by atoms with Gasteiger partial charge in [-0.05, 0) is 41.8 Å². The van der Waals surface area contributed by atoms with Crippen molar-refractivity contribution in [3.8, 4) is 0 Å². The summed E-state index contributed by atoms with van der Waals surface area (Å²) < 4.78 is 0. The van der Waals surface area contributed by atoms with Crippen molar-refractivity contribution in [2.75, 3.05) is 0 Å². The maximum atomic E-state index is 6.10. The van der Waals surface area contributed by atoms with E-state index in [-0.39, 0.29) is 0 Å². The highest BCUT2D eigenvalue weighted by Crippen LogP contribution is 2.16. The molecule has 1 N–H and O–H groups in total. The van der Waals surface area contributed by atoms with E-state index in [0.717, 1.165) is 28.7 Å². The molecule has 0 fully saturated rings. The Labute approximate surface area is 118 Å². The largest absolute Gasteiger partial charge is 0.309 e. The van der Waals surface area contributed by atoms with E-state index in [4.69, 9.17) is 23.2 Å². The zero-order chi connectivity index (χ0) is 13.0. The first-order valence-corrected chi connectivity index (χ1v) is 6.61. The Morgan fingerprint density at radius 2 is 1.67 bits per heavy atom. The van der Waals surface area contributed by atoms with Crippen LogP contribution in [0.4, 0.5) is 0 Å². The third-order valence-corrected chi connectivity index (χ3v) is 3.50.